The highest BCUT2D eigenvalue weighted by atomic mass is 16.4. The third-order valence-corrected chi connectivity index (χ3v) is 4.82. The van der Waals surface area contributed by atoms with E-state index in [-0.39, 0.29) is 5.56 Å². The van der Waals surface area contributed by atoms with Gasteiger partial charge in [0.25, 0.3) is 0 Å². The van der Waals surface area contributed by atoms with Gasteiger partial charge in [-0.25, -0.2) is 9.48 Å². The molecule has 0 aliphatic carbocycles. The summed E-state index contributed by atoms with van der Waals surface area (Å²) in [7, 11) is 0. The van der Waals surface area contributed by atoms with Gasteiger partial charge in [0.1, 0.15) is 5.82 Å². The third kappa shape index (κ3) is 3.75. The molecule has 0 amide bonds. The number of hydrogen-bond donors (Lipinski definition) is 2. The smallest absolute Gasteiger partial charge is 0.337 e. The lowest BCUT2D eigenvalue weighted by Gasteiger charge is -2.13. The van der Waals surface area contributed by atoms with Crippen molar-refractivity contribution in [3.8, 4) is 16.9 Å². The van der Waals surface area contributed by atoms with Crippen molar-refractivity contribution < 1.29 is 9.90 Å². The zero-order valence-electron chi connectivity index (χ0n) is 16.3. The number of carbonyl (C=O) groups is 1. The highest BCUT2D eigenvalue weighted by molar-refractivity contribution is 5.95. The van der Waals surface area contributed by atoms with E-state index in [0.717, 1.165) is 22.5 Å². The van der Waals surface area contributed by atoms with E-state index in [1.165, 1.54) is 5.56 Å². The molecule has 5 heteroatoms. The molecule has 5 nitrogen and oxygen atoms in total. The summed E-state index contributed by atoms with van der Waals surface area (Å²) in [5.74, 6) is -0.280. The van der Waals surface area contributed by atoms with Crippen LogP contribution in [0.1, 0.15) is 21.5 Å². The van der Waals surface area contributed by atoms with Gasteiger partial charge in [0.15, 0.2) is 0 Å². The Morgan fingerprint density at radius 3 is 2.34 bits per heavy atom. The molecule has 0 saturated heterocycles. The van der Waals surface area contributed by atoms with E-state index in [0.29, 0.717) is 11.5 Å². The van der Waals surface area contributed by atoms with Gasteiger partial charge in [-0.3, -0.25) is 0 Å². The van der Waals surface area contributed by atoms with Crippen LogP contribution in [0.2, 0.25) is 0 Å². The van der Waals surface area contributed by atoms with E-state index in [1.54, 1.807) is 18.2 Å². The fourth-order valence-electron chi connectivity index (χ4n) is 3.24. The normalized spacial score (nSPS) is 10.7. The number of carboxylic acids is 1. The van der Waals surface area contributed by atoms with Crippen LogP contribution in [-0.2, 0) is 0 Å². The number of hydrogen-bond acceptors (Lipinski definition) is 3. The zero-order chi connectivity index (χ0) is 20.4. The summed E-state index contributed by atoms with van der Waals surface area (Å²) in [5.41, 5.74) is 5.72. The number of nitrogens with zero attached hydrogens (tertiary/aromatic N) is 2. The van der Waals surface area contributed by atoms with Gasteiger partial charge in [-0.1, -0.05) is 60.2 Å². The van der Waals surface area contributed by atoms with E-state index in [1.807, 2.05) is 67.1 Å². The number of rotatable bonds is 5. The molecule has 3 aromatic carbocycles. The molecule has 0 aliphatic rings. The first kappa shape index (κ1) is 18.5. The van der Waals surface area contributed by atoms with E-state index in [9.17, 15) is 9.90 Å². The summed E-state index contributed by atoms with van der Waals surface area (Å²) < 4.78 is 1.82. The van der Waals surface area contributed by atoms with Crippen LogP contribution in [0.4, 0.5) is 11.5 Å². The molecule has 1 aromatic heterocycles. The van der Waals surface area contributed by atoms with Gasteiger partial charge < -0.3 is 10.4 Å². The van der Waals surface area contributed by atoms with Gasteiger partial charge in [-0.05, 0) is 37.6 Å². The molecule has 0 saturated carbocycles. The van der Waals surface area contributed by atoms with Gasteiger partial charge in [0.2, 0.25) is 0 Å². The molecule has 4 rings (SSSR count). The minimum Gasteiger partial charge on any atom is -0.478 e. The molecule has 0 fully saturated rings. The quantitative estimate of drug-likeness (QED) is 0.471. The lowest BCUT2D eigenvalue weighted by Crippen LogP contribution is -2.07. The van der Waals surface area contributed by atoms with Crippen LogP contribution in [0.3, 0.4) is 0 Å². The van der Waals surface area contributed by atoms with E-state index >= 15 is 0 Å². The first-order valence-electron chi connectivity index (χ1n) is 9.35. The topological polar surface area (TPSA) is 67.2 Å². The van der Waals surface area contributed by atoms with E-state index < -0.39 is 5.97 Å². The predicted octanol–water partition coefficient (Wildman–Crippen LogP) is 5.60. The molecule has 0 radical (unpaired) electrons. The number of benzene rings is 3. The molecule has 144 valence electrons. The average Bonchev–Trinajstić information content (AvgIpc) is 3.12. The summed E-state index contributed by atoms with van der Waals surface area (Å²) in [6.07, 6.45) is 0. The van der Waals surface area contributed by atoms with Crippen molar-refractivity contribution in [2.45, 2.75) is 13.8 Å². The number of anilines is 2. The second-order valence-electron chi connectivity index (χ2n) is 6.95. The van der Waals surface area contributed by atoms with Gasteiger partial charge in [0, 0.05) is 11.6 Å². The average molecular weight is 383 g/mol. The van der Waals surface area contributed by atoms with Crippen molar-refractivity contribution in [1.82, 2.24) is 9.78 Å². The number of aromatic nitrogens is 2. The Hall–Kier alpha value is -3.86. The Bertz CT molecular complexity index is 1180. The van der Waals surface area contributed by atoms with Crippen molar-refractivity contribution in [1.29, 1.82) is 0 Å². The summed E-state index contributed by atoms with van der Waals surface area (Å²) in [5, 5.41) is 17.6. The highest BCUT2D eigenvalue weighted by Gasteiger charge is 2.16. The second-order valence-corrected chi connectivity index (χ2v) is 6.95. The molecule has 4 aromatic rings. The number of para-hydroxylation sites is 2. The minimum atomic E-state index is -0.978. The molecule has 0 bridgehead atoms. The van der Waals surface area contributed by atoms with Gasteiger partial charge >= 0.3 is 5.97 Å². The molecule has 1 heterocycles. The largest absolute Gasteiger partial charge is 0.478 e. The fourth-order valence-corrected chi connectivity index (χ4v) is 3.24. The third-order valence-electron chi connectivity index (χ3n) is 4.82. The Kier molecular flexibility index (Phi) is 4.87. The molecule has 0 spiro atoms. The molecule has 0 unspecified atom stereocenters. The summed E-state index contributed by atoms with van der Waals surface area (Å²) in [6.45, 7) is 4.07. The van der Waals surface area contributed by atoms with Gasteiger partial charge in [0.05, 0.1) is 22.6 Å². The first-order chi connectivity index (χ1) is 14.0. The van der Waals surface area contributed by atoms with Crippen LogP contribution in [0.25, 0.3) is 16.9 Å². The second kappa shape index (κ2) is 7.64. The SMILES string of the molecule is Cc1ccc(-c2cc(Nc3ccccc3C(=O)O)n(-c3ccccc3C)n2)cc1. The van der Waals surface area contributed by atoms with Gasteiger partial charge in [-0.15, -0.1) is 0 Å². The maximum Gasteiger partial charge on any atom is 0.337 e. The molecular weight excluding hydrogens is 362 g/mol. The monoisotopic (exact) mass is 383 g/mol. The van der Waals surface area contributed by atoms with Crippen LogP contribution in [-0.4, -0.2) is 20.9 Å². The van der Waals surface area contributed by atoms with Crippen LogP contribution in [0.15, 0.2) is 78.9 Å². The minimum absolute atomic E-state index is 0.210. The maximum absolute atomic E-state index is 11.6. The Balaban J connectivity index is 1.85. The van der Waals surface area contributed by atoms with Crippen LogP contribution in [0.5, 0.6) is 0 Å². The maximum atomic E-state index is 11.6. The molecule has 29 heavy (non-hydrogen) atoms. The zero-order valence-corrected chi connectivity index (χ0v) is 16.3. The number of aromatic carboxylic acids is 1. The molecule has 2 N–H and O–H groups in total. The Labute approximate surface area is 169 Å². The summed E-state index contributed by atoms with van der Waals surface area (Å²) in [6, 6.07) is 24.9. The molecule has 0 aliphatic heterocycles. The number of nitrogens with one attached hydrogen (secondary N) is 1. The highest BCUT2D eigenvalue weighted by Crippen LogP contribution is 2.29. The molecular formula is C24H21N3O2. The lowest BCUT2D eigenvalue weighted by atomic mass is 10.1. The Morgan fingerprint density at radius 1 is 0.931 bits per heavy atom. The van der Waals surface area contributed by atoms with Crippen LogP contribution >= 0.6 is 0 Å². The molecule has 0 atom stereocenters. The predicted molar refractivity (Wildman–Crippen MR) is 115 cm³/mol. The van der Waals surface area contributed by atoms with Crippen molar-refractivity contribution >= 4 is 17.5 Å². The van der Waals surface area contributed by atoms with Crippen molar-refractivity contribution in [2.75, 3.05) is 5.32 Å². The fraction of sp³-hybridized carbons (Fsp3) is 0.0833. The van der Waals surface area contributed by atoms with Crippen LogP contribution in [0, 0.1) is 13.8 Å². The van der Waals surface area contributed by atoms with Crippen molar-refractivity contribution in [3.63, 3.8) is 0 Å². The number of carboxylic acid groups (broad SMARTS) is 1. The van der Waals surface area contributed by atoms with E-state index in [4.69, 9.17) is 5.10 Å². The van der Waals surface area contributed by atoms with Gasteiger partial charge in [-0.2, -0.15) is 5.10 Å². The standard InChI is InChI=1S/C24H21N3O2/c1-16-11-13-18(14-12-16)21-15-23(25-20-9-5-4-8-19(20)24(28)29)27(26-21)22-10-6-3-7-17(22)2/h3-15,25H,1-2H3,(H,28,29). The Morgan fingerprint density at radius 2 is 1.62 bits per heavy atom. The van der Waals surface area contributed by atoms with Crippen LogP contribution < -0.4 is 5.32 Å². The summed E-state index contributed by atoms with van der Waals surface area (Å²) in [4.78, 5) is 11.6. The lowest BCUT2D eigenvalue weighted by molar-refractivity contribution is 0.0698. The van der Waals surface area contributed by atoms with E-state index in [2.05, 4.69) is 17.4 Å². The van der Waals surface area contributed by atoms with Crippen molar-refractivity contribution in [2.24, 2.45) is 0 Å². The van der Waals surface area contributed by atoms with Crippen molar-refractivity contribution in [3.05, 3.63) is 95.6 Å². The first-order valence-corrected chi connectivity index (χ1v) is 9.35. The number of aryl methyl sites for hydroxylation is 2. The summed E-state index contributed by atoms with van der Waals surface area (Å²) >= 11 is 0.